The third-order valence-electron chi connectivity index (χ3n) is 8.74. The van der Waals surface area contributed by atoms with Crippen molar-refractivity contribution in [3.8, 4) is 0 Å². The van der Waals surface area contributed by atoms with E-state index in [2.05, 4.69) is 13.8 Å². The molecule has 2 unspecified atom stereocenters. The van der Waals surface area contributed by atoms with Crippen LogP contribution < -0.4 is 5.73 Å². The molecule has 0 saturated heterocycles. The largest absolute Gasteiger partial charge is 0.472 e. The second kappa shape index (κ2) is 28.1. The first-order valence-electron chi connectivity index (χ1n) is 18.4. The van der Waals surface area contributed by atoms with Gasteiger partial charge in [0.25, 0.3) is 0 Å². The van der Waals surface area contributed by atoms with Crippen LogP contribution in [0.2, 0.25) is 0 Å². The fourth-order valence-corrected chi connectivity index (χ4v) is 6.14. The Bertz CT molecular complexity index is 779. The van der Waals surface area contributed by atoms with Gasteiger partial charge in [0.05, 0.1) is 13.2 Å². The van der Waals surface area contributed by atoms with Crippen molar-refractivity contribution in [1.82, 2.24) is 0 Å². The molecule has 9 nitrogen and oxygen atoms in total. The monoisotopic (exact) mass is 661 g/mol. The van der Waals surface area contributed by atoms with Gasteiger partial charge in [-0.15, -0.1) is 0 Å². The Kier molecular flexibility index (Phi) is 26.2. The third kappa shape index (κ3) is 27.8. The number of phosphoric acid groups is 1. The van der Waals surface area contributed by atoms with E-state index >= 15 is 0 Å². The maximum absolute atomic E-state index is 12.5. The molecule has 45 heavy (non-hydrogen) atoms. The lowest BCUT2D eigenvalue weighted by Gasteiger charge is -2.19. The molecule has 1 aliphatic carbocycles. The summed E-state index contributed by atoms with van der Waals surface area (Å²) < 4.78 is 32.6. The molecule has 1 fully saturated rings. The molecule has 1 aliphatic rings. The second-order valence-electron chi connectivity index (χ2n) is 13.2. The van der Waals surface area contributed by atoms with Crippen LogP contribution in [0.25, 0.3) is 0 Å². The average molecular weight is 662 g/mol. The lowest BCUT2D eigenvalue weighted by atomic mass is 9.99. The molecule has 0 spiro atoms. The normalized spacial score (nSPS) is 15.8. The quantitative estimate of drug-likeness (QED) is 0.0401. The SMILES string of the molecule is CCC(C)CCCCCCCCCCC(=O)OC[C@@H](COP(=O)(O)OCCN)OC(=O)CCCCCCCCCCCC1CC1. The Morgan fingerprint density at radius 3 is 1.80 bits per heavy atom. The zero-order valence-electron chi connectivity index (χ0n) is 28.9. The van der Waals surface area contributed by atoms with Crippen molar-refractivity contribution in [1.29, 1.82) is 0 Å². The average Bonchev–Trinajstić information content (AvgIpc) is 3.85. The Morgan fingerprint density at radius 2 is 1.27 bits per heavy atom. The Hall–Kier alpha value is -0.990. The van der Waals surface area contributed by atoms with E-state index in [4.69, 9.17) is 24.3 Å². The van der Waals surface area contributed by atoms with Gasteiger partial charge in [0.2, 0.25) is 0 Å². The third-order valence-corrected chi connectivity index (χ3v) is 9.72. The summed E-state index contributed by atoms with van der Waals surface area (Å²) in [5.41, 5.74) is 5.32. The molecular formula is C35H68NO8P. The standard InChI is InChI=1S/C35H68NO8P/c1-3-31(2)21-17-13-9-7-8-11-15-19-23-34(37)41-29-33(30-43-45(39,40)42-28-27-36)44-35(38)24-20-16-12-6-4-5-10-14-18-22-32-25-26-32/h31-33H,3-30,36H2,1-2H3,(H,39,40)/t31?,33-/m0/s1. The number of phosphoric ester groups is 1. The molecule has 3 atom stereocenters. The molecule has 1 saturated carbocycles. The maximum atomic E-state index is 12.5. The molecule has 0 aromatic heterocycles. The Balaban J connectivity index is 2.21. The fourth-order valence-electron chi connectivity index (χ4n) is 5.37. The molecule has 0 aromatic rings. The van der Waals surface area contributed by atoms with Gasteiger partial charge in [0, 0.05) is 19.4 Å². The van der Waals surface area contributed by atoms with E-state index in [-0.39, 0.29) is 38.6 Å². The minimum Gasteiger partial charge on any atom is -0.462 e. The topological polar surface area (TPSA) is 134 Å². The molecule has 3 N–H and O–H groups in total. The molecule has 1 rings (SSSR count). The predicted octanol–water partition coefficient (Wildman–Crippen LogP) is 9.18. The summed E-state index contributed by atoms with van der Waals surface area (Å²) >= 11 is 0. The van der Waals surface area contributed by atoms with Gasteiger partial charge >= 0.3 is 19.8 Å². The van der Waals surface area contributed by atoms with Crippen LogP contribution >= 0.6 is 7.82 Å². The van der Waals surface area contributed by atoms with E-state index in [9.17, 15) is 19.0 Å². The minimum absolute atomic E-state index is 0.0582. The Labute approximate surface area is 275 Å². The van der Waals surface area contributed by atoms with E-state index in [1.807, 2.05) is 0 Å². The number of carbonyl (C=O) groups is 2. The summed E-state index contributed by atoms with van der Waals surface area (Å²) in [6.07, 6.45) is 26.1. The van der Waals surface area contributed by atoms with Crippen LogP contribution in [0.1, 0.15) is 168 Å². The van der Waals surface area contributed by atoms with E-state index in [0.29, 0.717) is 6.42 Å². The predicted molar refractivity (Wildman–Crippen MR) is 181 cm³/mol. The van der Waals surface area contributed by atoms with E-state index in [1.54, 1.807) is 0 Å². The number of carbonyl (C=O) groups excluding carboxylic acids is 2. The summed E-state index contributed by atoms with van der Waals surface area (Å²) in [4.78, 5) is 34.6. The molecule has 0 bridgehead atoms. The zero-order valence-corrected chi connectivity index (χ0v) is 29.8. The number of nitrogens with two attached hydrogens (primary N) is 1. The van der Waals surface area contributed by atoms with Gasteiger partial charge in [0.15, 0.2) is 6.10 Å². The molecule has 10 heteroatoms. The highest BCUT2D eigenvalue weighted by Gasteiger charge is 2.26. The van der Waals surface area contributed by atoms with Crippen LogP contribution in [-0.2, 0) is 32.7 Å². The first kappa shape index (κ1) is 42.0. The maximum Gasteiger partial charge on any atom is 0.472 e. The fraction of sp³-hybridized carbons (Fsp3) is 0.943. The Morgan fingerprint density at radius 1 is 0.756 bits per heavy atom. The van der Waals surface area contributed by atoms with E-state index < -0.39 is 26.5 Å². The molecular weight excluding hydrogens is 593 g/mol. The van der Waals surface area contributed by atoms with Gasteiger partial charge in [-0.25, -0.2) is 4.57 Å². The highest BCUT2D eigenvalue weighted by atomic mass is 31.2. The van der Waals surface area contributed by atoms with Crippen LogP contribution in [0.4, 0.5) is 0 Å². The summed E-state index contributed by atoms with van der Waals surface area (Å²) in [6, 6.07) is 0. The van der Waals surface area contributed by atoms with Gasteiger partial charge in [0.1, 0.15) is 6.61 Å². The van der Waals surface area contributed by atoms with Crippen LogP contribution in [-0.4, -0.2) is 49.3 Å². The van der Waals surface area contributed by atoms with Crippen molar-refractivity contribution < 1.29 is 37.6 Å². The van der Waals surface area contributed by atoms with Gasteiger partial charge in [-0.1, -0.05) is 142 Å². The van der Waals surface area contributed by atoms with Crippen LogP contribution in [0.15, 0.2) is 0 Å². The molecule has 266 valence electrons. The summed E-state index contributed by atoms with van der Waals surface area (Å²) in [5.74, 6) is 1.05. The first-order chi connectivity index (χ1) is 21.8. The van der Waals surface area contributed by atoms with Crippen molar-refractivity contribution in [3.05, 3.63) is 0 Å². The van der Waals surface area contributed by atoms with Crippen LogP contribution in [0.5, 0.6) is 0 Å². The molecule has 0 radical (unpaired) electrons. The lowest BCUT2D eigenvalue weighted by Crippen LogP contribution is -2.29. The van der Waals surface area contributed by atoms with Gasteiger partial charge < -0.3 is 20.1 Å². The van der Waals surface area contributed by atoms with E-state index in [1.165, 1.54) is 103 Å². The zero-order chi connectivity index (χ0) is 33.0. The molecule has 0 aromatic carbocycles. The van der Waals surface area contributed by atoms with Crippen molar-refractivity contribution in [2.24, 2.45) is 17.6 Å². The summed E-state index contributed by atoms with van der Waals surface area (Å²) in [7, 11) is -4.36. The number of ether oxygens (including phenoxy) is 2. The molecule has 0 amide bonds. The van der Waals surface area contributed by atoms with Gasteiger partial charge in [-0.2, -0.15) is 0 Å². The smallest absolute Gasteiger partial charge is 0.462 e. The minimum atomic E-state index is -4.36. The van der Waals surface area contributed by atoms with Crippen molar-refractivity contribution in [3.63, 3.8) is 0 Å². The van der Waals surface area contributed by atoms with Crippen molar-refractivity contribution in [2.45, 2.75) is 174 Å². The van der Waals surface area contributed by atoms with E-state index in [0.717, 1.165) is 43.9 Å². The van der Waals surface area contributed by atoms with Crippen LogP contribution in [0, 0.1) is 11.8 Å². The summed E-state index contributed by atoms with van der Waals surface area (Å²) in [6.45, 7) is 3.82. The number of rotatable bonds is 33. The molecule has 0 heterocycles. The number of hydrogen-bond donors (Lipinski definition) is 2. The number of esters is 2. The number of hydrogen-bond acceptors (Lipinski definition) is 8. The highest BCUT2D eigenvalue weighted by molar-refractivity contribution is 7.47. The lowest BCUT2D eigenvalue weighted by molar-refractivity contribution is -0.161. The summed E-state index contributed by atoms with van der Waals surface area (Å²) in [5, 5.41) is 0. The second-order valence-corrected chi connectivity index (χ2v) is 14.7. The highest BCUT2D eigenvalue weighted by Crippen LogP contribution is 2.43. The molecule has 0 aliphatic heterocycles. The van der Waals surface area contributed by atoms with Gasteiger partial charge in [-0.3, -0.25) is 18.6 Å². The number of unbranched alkanes of at least 4 members (excludes halogenated alkanes) is 15. The van der Waals surface area contributed by atoms with Crippen molar-refractivity contribution >= 4 is 19.8 Å². The first-order valence-corrected chi connectivity index (χ1v) is 19.9. The van der Waals surface area contributed by atoms with Crippen LogP contribution in [0.3, 0.4) is 0 Å². The van der Waals surface area contributed by atoms with Gasteiger partial charge in [-0.05, 0) is 24.7 Å². The van der Waals surface area contributed by atoms with Crippen molar-refractivity contribution in [2.75, 3.05) is 26.4 Å².